The number of carbonyl (C=O) groups is 4. The van der Waals surface area contributed by atoms with Crippen LogP contribution in [0.4, 0.5) is 9.59 Å². The second-order valence-electron chi connectivity index (χ2n) is 16.1. The van der Waals surface area contributed by atoms with Gasteiger partial charge in [0.15, 0.2) is 0 Å². The van der Waals surface area contributed by atoms with Gasteiger partial charge < -0.3 is 39.4 Å². The van der Waals surface area contributed by atoms with Crippen molar-refractivity contribution in [1.29, 1.82) is 0 Å². The van der Waals surface area contributed by atoms with Crippen molar-refractivity contribution in [2.24, 2.45) is 4.99 Å². The van der Waals surface area contributed by atoms with Gasteiger partial charge in [0.2, 0.25) is 11.8 Å². The van der Waals surface area contributed by atoms with Crippen molar-refractivity contribution in [1.82, 2.24) is 20.4 Å². The van der Waals surface area contributed by atoms with Gasteiger partial charge in [0.05, 0.1) is 38.5 Å². The molecule has 3 aliphatic heterocycles. The van der Waals surface area contributed by atoms with Gasteiger partial charge in [0, 0.05) is 45.6 Å². The van der Waals surface area contributed by atoms with Crippen molar-refractivity contribution < 1.29 is 38.1 Å². The highest BCUT2D eigenvalue weighted by Gasteiger charge is 2.42. The van der Waals surface area contributed by atoms with Gasteiger partial charge in [-0.3, -0.25) is 14.6 Å². The van der Waals surface area contributed by atoms with Crippen LogP contribution in [0.1, 0.15) is 82.8 Å². The molecule has 3 fully saturated rings. The molecule has 2 aromatic carbocycles. The molecule has 2 saturated heterocycles. The zero-order chi connectivity index (χ0) is 41.8. The molecule has 7 rings (SSSR count). The van der Waals surface area contributed by atoms with E-state index < -0.39 is 36.5 Å². The fourth-order valence-electron chi connectivity index (χ4n) is 9.53. The predicted octanol–water partition coefficient (Wildman–Crippen LogP) is 6.68. The molecule has 2 aliphatic carbocycles. The summed E-state index contributed by atoms with van der Waals surface area (Å²) in [6.45, 7) is 4.78. The Hall–Kier alpha value is -5.27. The van der Waals surface area contributed by atoms with Gasteiger partial charge in [-0.15, -0.1) is 0 Å². The third-order valence-electron chi connectivity index (χ3n) is 12.9. The second kappa shape index (κ2) is 18.3. The van der Waals surface area contributed by atoms with E-state index in [-0.39, 0.29) is 23.9 Å². The van der Waals surface area contributed by atoms with Gasteiger partial charge in [-0.25, -0.2) is 9.59 Å². The minimum Gasteiger partial charge on any atom is -0.453 e. The summed E-state index contributed by atoms with van der Waals surface area (Å²) in [5, 5.41) is 5.36. The maximum Gasteiger partial charge on any atom is 0.407 e. The number of allylic oxidation sites excluding steroid dienone is 4. The van der Waals surface area contributed by atoms with Crippen molar-refractivity contribution in [3.8, 4) is 11.1 Å². The molecule has 0 aromatic heterocycles. The number of hydrogen-bond acceptors (Lipinski definition) is 9. The van der Waals surface area contributed by atoms with Crippen molar-refractivity contribution in [3.05, 3.63) is 82.6 Å². The molecule has 1 unspecified atom stereocenters. The third kappa shape index (κ3) is 8.58. The van der Waals surface area contributed by atoms with Crippen LogP contribution in [0.15, 0.2) is 76.4 Å². The number of benzene rings is 2. The number of nitrogens with zero attached hydrogens (tertiary/aromatic N) is 3. The van der Waals surface area contributed by atoms with Crippen LogP contribution in [0.2, 0.25) is 0 Å². The van der Waals surface area contributed by atoms with Crippen molar-refractivity contribution in [2.75, 3.05) is 41.5 Å². The number of methoxy groups -OCH3 is 4. The zero-order valence-corrected chi connectivity index (χ0v) is 35.0. The Labute approximate surface area is 346 Å². The first-order valence-corrected chi connectivity index (χ1v) is 20.8. The van der Waals surface area contributed by atoms with Gasteiger partial charge >= 0.3 is 12.2 Å². The van der Waals surface area contributed by atoms with Crippen molar-refractivity contribution >= 4 is 40.9 Å². The molecule has 3 heterocycles. The van der Waals surface area contributed by atoms with Crippen LogP contribution in [0.25, 0.3) is 22.3 Å². The number of amides is 4. The summed E-state index contributed by atoms with van der Waals surface area (Å²) < 4.78 is 20.5. The number of hydrogen-bond donors (Lipinski definition) is 2. The van der Waals surface area contributed by atoms with E-state index >= 15 is 0 Å². The number of ether oxygens (including phenoxy) is 4. The molecule has 2 N–H and O–H groups in total. The zero-order valence-electron chi connectivity index (χ0n) is 35.0. The lowest BCUT2D eigenvalue weighted by molar-refractivity contribution is -0.137. The van der Waals surface area contributed by atoms with E-state index in [1.54, 1.807) is 21.0 Å². The molecule has 314 valence electrons. The Kier molecular flexibility index (Phi) is 13.0. The fraction of sp³-hybridized carbons (Fsp3) is 0.500. The average Bonchev–Trinajstić information content (AvgIpc) is 4.12. The predicted molar refractivity (Wildman–Crippen MR) is 225 cm³/mol. The second-order valence-corrected chi connectivity index (χ2v) is 16.1. The Morgan fingerprint density at radius 1 is 0.627 bits per heavy atom. The van der Waals surface area contributed by atoms with Gasteiger partial charge in [-0.05, 0) is 115 Å². The molecule has 59 heavy (non-hydrogen) atoms. The maximum atomic E-state index is 14.0. The molecule has 0 bridgehead atoms. The third-order valence-corrected chi connectivity index (χ3v) is 12.9. The lowest BCUT2D eigenvalue weighted by Crippen LogP contribution is -2.56. The number of fused-ring (bicyclic) bond motifs is 1. The first kappa shape index (κ1) is 41.9. The van der Waals surface area contributed by atoms with Crippen LogP contribution < -0.4 is 10.6 Å². The highest BCUT2D eigenvalue weighted by atomic mass is 16.5. The lowest BCUT2D eigenvalue weighted by Gasteiger charge is -2.32. The number of likely N-dealkylation sites (tertiary alicyclic amines) is 2. The molecule has 13 heteroatoms. The van der Waals surface area contributed by atoms with E-state index in [0.29, 0.717) is 19.5 Å². The number of carbonyl (C=O) groups excluding carboxylic acids is 4. The number of nitrogens with one attached hydrogen (secondary N) is 2. The Bertz CT molecular complexity index is 2050. The summed E-state index contributed by atoms with van der Waals surface area (Å²) in [7, 11) is 5.63. The number of aliphatic imine (C=N–C) groups is 1. The van der Waals surface area contributed by atoms with E-state index in [1.165, 1.54) is 49.2 Å². The SMILES string of the molecule is COC(=O)NC(C(=O)N1CCC[C@H]1C1=C2CCCC2=C(c2ccc(-c3ccc(C4=CN=C([C@@H]5CCCN5C(=O)[C@@H](NC(=O)OC)[C@@H](C)OC)C4)cc3)cc2)C1)[C@@H](C)OC. The van der Waals surface area contributed by atoms with Crippen LogP contribution in [-0.2, 0) is 28.5 Å². The number of rotatable bonds is 13. The smallest absolute Gasteiger partial charge is 0.407 e. The molecular formula is C46H57N5O8. The number of alkyl carbamates (subject to hydrolysis) is 2. The molecule has 4 amide bonds. The molecule has 5 aliphatic rings. The maximum absolute atomic E-state index is 14.0. The summed E-state index contributed by atoms with van der Waals surface area (Å²) in [5.74, 6) is -0.334. The van der Waals surface area contributed by atoms with Gasteiger partial charge in [0.1, 0.15) is 12.1 Å². The molecule has 13 nitrogen and oxygen atoms in total. The molecular weight excluding hydrogens is 751 g/mol. The Balaban J connectivity index is 0.994. The van der Waals surface area contributed by atoms with E-state index in [0.717, 1.165) is 79.3 Å². The van der Waals surface area contributed by atoms with E-state index in [1.807, 2.05) is 16.0 Å². The van der Waals surface area contributed by atoms with Crippen molar-refractivity contribution in [2.45, 2.75) is 108 Å². The van der Waals surface area contributed by atoms with E-state index in [9.17, 15) is 19.2 Å². The minimum absolute atomic E-state index is 0.00430. The van der Waals surface area contributed by atoms with Crippen LogP contribution in [-0.4, -0.2) is 117 Å². The van der Waals surface area contributed by atoms with Crippen LogP contribution >= 0.6 is 0 Å². The quantitative estimate of drug-likeness (QED) is 0.228. The summed E-state index contributed by atoms with van der Waals surface area (Å²) >= 11 is 0. The largest absolute Gasteiger partial charge is 0.453 e. The molecule has 0 radical (unpaired) electrons. The lowest BCUT2D eigenvalue weighted by atomic mass is 9.93. The summed E-state index contributed by atoms with van der Waals surface area (Å²) in [6, 6.07) is 15.6. The van der Waals surface area contributed by atoms with Gasteiger partial charge in [-0.1, -0.05) is 48.5 Å². The van der Waals surface area contributed by atoms with Gasteiger partial charge in [-0.2, -0.15) is 0 Å². The van der Waals surface area contributed by atoms with Crippen LogP contribution in [0.3, 0.4) is 0 Å². The Morgan fingerprint density at radius 2 is 1.12 bits per heavy atom. The van der Waals surface area contributed by atoms with Crippen LogP contribution in [0.5, 0.6) is 0 Å². The fourth-order valence-corrected chi connectivity index (χ4v) is 9.53. The average molecular weight is 808 g/mol. The Morgan fingerprint density at radius 3 is 1.66 bits per heavy atom. The standard InChI is InChI=1S/C46H57N5O8/c1-27(56-3)41(48-45(54)58-5)43(52)50-22-8-12-39(50)37-25-36(34-10-7-11-35(34)37)32-20-18-30(19-21-32)29-14-16-31(17-15-29)33-24-38(47-26-33)40-13-9-23-51(40)44(53)42(28(2)57-4)49-46(55)59-6/h14-21,26-28,39-42H,7-13,22-25H2,1-6H3,(H,48,54)(H,49,55)/t27-,28-,39+,40+,41?,42+/m1/s1. The monoisotopic (exact) mass is 807 g/mol. The van der Waals surface area contributed by atoms with E-state index in [2.05, 4.69) is 59.2 Å². The molecule has 6 atom stereocenters. The highest BCUT2D eigenvalue weighted by molar-refractivity contribution is 6.04. The summed E-state index contributed by atoms with van der Waals surface area (Å²) in [4.78, 5) is 60.4. The normalized spacial score (nSPS) is 22.1. The molecule has 2 aromatic rings. The highest BCUT2D eigenvalue weighted by Crippen LogP contribution is 2.50. The van der Waals surface area contributed by atoms with Crippen LogP contribution in [0, 0.1) is 0 Å². The molecule has 0 spiro atoms. The van der Waals surface area contributed by atoms with Gasteiger partial charge in [0.25, 0.3) is 0 Å². The topological polar surface area (TPSA) is 148 Å². The summed E-state index contributed by atoms with van der Waals surface area (Å²) in [6.07, 6.45) is 7.69. The first-order chi connectivity index (χ1) is 28.6. The van der Waals surface area contributed by atoms with E-state index in [4.69, 9.17) is 23.9 Å². The first-order valence-electron chi connectivity index (χ1n) is 20.8. The minimum atomic E-state index is -0.864. The van der Waals surface area contributed by atoms with Crippen molar-refractivity contribution in [3.63, 3.8) is 0 Å². The summed E-state index contributed by atoms with van der Waals surface area (Å²) in [5.41, 5.74) is 12.2. The molecule has 1 saturated carbocycles.